The summed E-state index contributed by atoms with van der Waals surface area (Å²) >= 11 is -1.01. The van der Waals surface area contributed by atoms with Gasteiger partial charge in [0.15, 0.2) is 0 Å². The van der Waals surface area contributed by atoms with Crippen LogP contribution in [0, 0.1) is 42.7 Å². The molecule has 4 nitrogen and oxygen atoms in total. The summed E-state index contributed by atoms with van der Waals surface area (Å²) in [5, 5.41) is 21.5. The van der Waals surface area contributed by atoms with Crippen molar-refractivity contribution in [2.75, 3.05) is 0 Å². The van der Waals surface area contributed by atoms with E-state index in [-0.39, 0.29) is 85.4 Å². The van der Waals surface area contributed by atoms with Gasteiger partial charge in [-0.05, 0) is 157 Å². The Bertz CT molecular complexity index is 2980. The lowest BCUT2D eigenvalue weighted by molar-refractivity contribution is -0.0337. The Kier molecular flexibility index (Phi) is 11.9. The van der Waals surface area contributed by atoms with E-state index in [4.69, 9.17) is 13.1 Å². The van der Waals surface area contributed by atoms with Gasteiger partial charge in [0, 0.05) is 21.1 Å². The molecule has 0 radical (unpaired) electrons. The number of halogens is 9. The van der Waals surface area contributed by atoms with Crippen LogP contribution in [0.15, 0.2) is 134 Å². The van der Waals surface area contributed by atoms with Gasteiger partial charge in [0.25, 0.3) is 0 Å². The Morgan fingerprint density at radius 2 is 0.839 bits per heavy atom. The van der Waals surface area contributed by atoms with Gasteiger partial charge in [-0.2, -0.15) is 59.7 Å². The van der Waals surface area contributed by atoms with Crippen LogP contribution in [0.25, 0.3) is 43.1 Å². The molecule has 0 saturated heterocycles. The highest BCUT2D eigenvalue weighted by atomic mass is 32.2. The highest BCUT2D eigenvalue weighted by Crippen LogP contribution is 2.45. The van der Waals surface area contributed by atoms with Crippen molar-refractivity contribution >= 4 is 46.4 Å². The number of hydrogen-bond donors (Lipinski definition) is 0. The van der Waals surface area contributed by atoms with Gasteiger partial charge in [-0.3, -0.25) is 0 Å². The molecule has 0 bridgehead atoms. The average molecular weight is 899 g/mol. The largest absolute Gasteiger partial charge is 0.523 e. The molecule has 0 heterocycles. The topological polar surface area (TPSA) is 56.3 Å². The molecule has 5 aromatic rings. The van der Waals surface area contributed by atoms with Crippen molar-refractivity contribution in [3.8, 4) is 34.4 Å². The van der Waals surface area contributed by atoms with E-state index in [1.165, 1.54) is 72.8 Å². The lowest BCUT2D eigenvalue weighted by Gasteiger charge is -2.18. The van der Waals surface area contributed by atoms with E-state index >= 15 is 0 Å². The third kappa shape index (κ3) is 9.00. The van der Waals surface area contributed by atoms with Gasteiger partial charge in [0.1, 0.15) is 30.9 Å². The normalized spacial score (nSPS) is 13.5. The van der Waals surface area contributed by atoms with Crippen LogP contribution >= 0.6 is 35.3 Å². The number of hydrogen-bond acceptors (Lipinski definition) is 5. The van der Waals surface area contributed by atoms with Crippen molar-refractivity contribution in [3.05, 3.63) is 181 Å². The third-order valence-corrected chi connectivity index (χ3v) is 12.2. The van der Waals surface area contributed by atoms with Gasteiger partial charge in [0.2, 0.25) is 0 Å². The molecule has 2 aliphatic rings. The second kappa shape index (κ2) is 16.9. The number of allylic oxidation sites excluding steroid dienone is 3. The Balaban J connectivity index is 1.74. The molecule has 0 aliphatic heterocycles. The standard InChI is InChI=1S/C46H23F9N4S3/c1-24-4-6-25(7-5-24)40-36(43(58-2)59-3)21-35-39(28-12-18-32(19-13-28)62-46(53,54)55)41-34(38(42(35)40)27-10-16-31(17-11-27)61-45(50,51)52)20-33(29(22-56)23-57)37(41)26-8-14-30(15-9-26)60-44(47,48)49/h4-19H,20-21H2,1H3. The van der Waals surface area contributed by atoms with Crippen molar-refractivity contribution in [2.45, 2.75) is 51.0 Å². The molecule has 62 heavy (non-hydrogen) atoms. The first kappa shape index (κ1) is 43.8. The first-order valence-corrected chi connectivity index (χ1v) is 20.4. The predicted molar refractivity (Wildman–Crippen MR) is 221 cm³/mol. The molecule has 0 spiro atoms. The van der Waals surface area contributed by atoms with Crippen LogP contribution in [-0.4, -0.2) is 16.5 Å². The summed E-state index contributed by atoms with van der Waals surface area (Å²) in [5.74, 6) is -0.276. The summed E-state index contributed by atoms with van der Waals surface area (Å²) in [6.45, 7) is 17.9. The maximum atomic E-state index is 13.5. The highest BCUT2D eigenvalue weighted by molar-refractivity contribution is 8.00. The second-order valence-corrected chi connectivity index (χ2v) is 17.2. The molecule has 0 amide bonds. The maximum Gasteiger partial charge on any atom is 0.523 e. The molecule has 0 fully saturated rings. The first-order valence-electron chi connectivity index (χ1n) is 18.0. The van der Waals surface area contributed by atoms with E-state index in [9.17, 15) is 50.0 Å². The van der Waals surface area contributed by atoms with Crippen LogP contribution in [0.4, 0.5) is 39.5 Å². The van der Waals surface area contributed by atoms with E-state index in [1.807, 2.05) is 31.2 Å². The van der Waals surface area contributed by atoms with Gasteiger partial charge in [0.05, 0.1) is 5.57 Å². The molecular formula is C46H23F9N4S3. The smallest absolute Gasteiger partial charge is 0.192 e. The summed E-state index contributed by atoms with van der Waals surface area (Å²) in [6.07, 6.45) is -0.221. The number of fused-ring (bicyclic) bond motifs is 2. The molecule has 5 aromatic carbocycles. The summed E-state index contributed by atoms with van der Waals surface area (Å²) in [5.41, 5.74) is -8.69. The lowest BCUT2D eigenvalue weighted by atomic mass is 9.86. The molecule has 2 aliphatic carbocycles. The molecule has 0 N–H and O–H groups in total. The minimum Gasteiger partial charge on any atom is -0.192 e. The van der Waals surface area contributed by atoms with Gasteiger partial charge < -0.3 is 0 Å². The highest BCUT2D eigenvalue weighted by Gasteiger charge is 2.38. The van der Waals surface area contributed by atoms with Crippen LogP contribution in [0.3, 0.4) is 0 Å². The van der Waals surface area contributed by atoms with Crippen molar-refractivity contribution < 1.29 is 39.5 Å². The number of rotatable bonds is 7. The number of nitriles is 2. The van der Waals surface area contributed by atoms with E-state index in [2.05, 4.69) is 9.69 Å². The second-order valence-electron chi connectivity index (χ2n) is 13.7. The molecule has 0 unspecified atom stereocenters. The Morgan fingerprint density at radius 1 is 0.516 bits per heavy atom. The molecule has 16 heteroatoms. The van der Waals surface area contributed by atoms with Crippen LogP contribution < -0.4 is 10.4 Å². The van der Waals surface area contributed by atoms with Crippen LogP contribution in [0.5, 0.6) is 0 Å². The SMILES string of the molecule is [C-]#[N+]C([N+]#[C-])=C1Cc2c(-c3ccc(SC(F)(F)F)cc3)c3c(c(-c4ccc(SC(F)(F)F)cc4)c2=C1c1ccc(C)cc1)CC(=C(C#N)C#N)C=3c1ccc(SC(F)(F)F)cc1. The maximum absolute atomic E-state index is 13.5. The molecule has 308 valence electrons. The fourth-order valence-electron chi connectivity index (χ4n) is 7.78. The summed E-state index contributed by atoms with van der Waals surface area (Å²) in [7, 11) is 0. The Hall–Kier alpha value is -6.30. The zero-order valence-corrected chi connectivity index (χ0v) is 34.0. The van der Waals surface area contributed by atoms with Gasteiger partial charge in [-0.25, -0.2) is 0 Å². The molecule has 7 rings (SSSR count). The number of benzene rings is 5. The van der Waals surface area contributed by atoms with E-state index in [1.54, 1.807) is 12.1 Å². The van der Waals surface area contributed by atoms with Crippen molar-refractivity contribution in [1.82, 2.24) is 0 Å². The molecule has 0 saturated carbocycles. The van der Waals surface area contributed by atoms with Gasteiger partial charge >= 0.3 is 22.3 Å². The zero-order valence-electron chi connectivity index (χ0n) is 31.6. The molecule has 0 aromatic heterocycles. The van der Waals surface area contributed by atoms with Crippen LogP contribution in [0.2, 0.25) is 0 Å². The van der Waals surface area contributed by atoms with Crippen molar-refractivity contribution in [3.63, 3.8) is 0 Å². The monoisotopic (exact) mass is 898 g/mol. The van der Waals surface area contributed by atoms with Crippen LogP contribution in [0.1, 0.15) is 27.8 Å². The quantitative estimate of drug-likeness (QED) is 0.0705. The van der Waals surface area contributed by atoms with Gasteiger partial charge in [-0.1, -0.05) is 66.2 Å². The zero-order chi connectivity index (χ0) is 44.7. The van der Waals surface area contributed by atoms with Crippen molar-refractivity contribution in [2.24, 2.45) is 0 Å². The number of aryl methyl sites for hydroxylation is 1. The van der Waals surface area contributed by atoms with Crippen LogP contribution in [-0.2, 0) is 12.8 Å². The van der Waals surface area contributed by atoms with Gasteiger partial charge in [-0.15, -0.1) is 0 Å². The fraction of sp³-hybridized carbons (Fsp3) is 0.130. The minimum absolute atomic E-state index is 0.0772. The lowest BCUT2D eigenvalue weighted by Crippen LogP contribution is -2.25. The summed E-state index contributed by atoms with van der Waals surface area (Å²) in [6, 6.07) is 27.3. The Morgan fingerprint density at radius 3 is 1.18 bits per heavy atom. The summed E-state index contributed by atoms with van der Waals surface area (Å²) in [4.78, 5) is 6.70. The number of alkyl halides is 9. The summed E-state index contributed by atoms with van der Waals surface area (Å²) < 4.78 is 121. The number of thioether (sulfide) groups is 3. The van der Waals surface area contributed by atoms with E-state index in [0.29, 0.717) is 66.1 Å². The number of nitrogens with zero attached hydrogens (tertiary/aromatic N) is 4. The first-order chi connectivity index (χ1) is 29.3. The van der Waals surface area contributed by atoms with Crippen molar-refractivity contribution in [1.29, 1.82) is 10.5 Å². The minimum atomic E-state index is -4.62. The van der Waals surface area contributed by atoms with E-state index in [0.717, 1.165) is 5.56 Å². The molecular weight excluding hydrogens is 876 g/mol. The third-order valence-electron chi connectivity index (χ3n) is 9.99. The average Bonchev–Trinajstić information content (AvgIpc) is 3.77. The van der Waals surface area contributed by atoms with E-state index < -0.39 is 16.5 Å². The molecule has 0 atom stereocenters. The predicted octanol–water partition coefficient (Wildman–Crippen LogP) is 13.1. The fourth-order valence-corrected chi connectivity index (χ4v) is 9.40. The Labute approximate surface area is 361 Å².